The number of hydrogen-bond acceptors (Lipinski definition) is 5. The third-order valence-electron chi connectivity index (χ3n) is 5.86. The van der Waals surface area contributed by atoms with E-state index in [1.807, 2.05) is 0 Å². The van der Waals surface area contributed by atoms with Gasteiger partial charge in [-0.05, 0) is 43.2 Å². The number of H-pyrrole nitrogens is 1. The summed E-state index contributed by atoms with van der Waals surface area (Å²) in [6, 6.07) is 8.40. The molecule has 9 nitrogen and oxygen atoms in total. The highest BCUT2D eigenvalue weighted by Gasteiger charge is 2.62. The van der Waals surface area contributed by atoms with Crippen molar-refractivity contribution in [2.45, 2.75) is 18.4 Å². The van der Waals surface area contributed by atoms with Gasteiger partial charge in [0.05, 0.1) is 11.9 Å². The molecule has 11 heteroatoms. The molecular formula is C22H15F2N7O2. The van der Waals surface area contributed by atoms with Gasteiger partial charge in [0, 0.05) is 18.1 Å². The molecule has 6 rings (SSSR count). The summed E-state index contributed by atoms with van der Waals surface area (Å²) in [6.45, 7) is 0. The van der Waals surface area contributed by atoms with Crippen LogP contribution in [-0.4, -0.2) is 36.5 Å². The van der Waals surface area contributed by atoms with Crippen LogP contribution >= 0.6 is 0 Å². The summed E-state index contributed by atoms with van der Waals surface area (Å²) < 4.78 is 32.1. The number of aromatic amines is 1. The maximum atomic E-state index is 15.2. The van der Waals surface area contributed by atoms with E-state index in [9.17, 15) is 9.59 Å². The highest BCUT2D eigenvalue weighted by atomic mass is 19.1. The molecule has 1 fully saturated rings. The fourth-order valence-corrected chi connectivity index (χ4v) is 4.20. The Kier molecular flexibility index (Phi) is 3.97. The van der Waals surface area contributed by atoms with E-state index >= 15 is 8.78 Å². The van der Waals surface area contributed by atoms with E-state index in [1.54, 1.807) is 29.0 Å². The van der Waals surface area contributed by atoms with Crippen LogP contribution in [0.1, 0.15) is 23.3 Å². The fourth-order valence-electron chi connectivity index (χ4n) is 4.20. The molecule has 4 aromatic rings. The zero-order chi connectivity index (χ0) is 22.7. The molecule has 1 aliphatic carbocycles. The number of carbonyl (C=O) groups is 2. The van der Waals surface area contributed by atoms with Gasteiger partial charge in [-0.15, -0.1) is 0 Å². The van der Waals surface area contributed by atoms with Crippen LogP contribution in [-0.2, 0) is 10.3 Å². The first kappa shape index (κ1) is 19.3. The molecular weight excluding hydrogens is 432 g/mol. The molecule has 2 amide bonds. The van der Waals surface area contributed by atoms with Crippen molar-refractivity contribution in [2.24, 2.45) is 0 Å². The van der Waals surface area contributed by atoms with Crippen molar-refractivity contribution in [2.75, 3.05) is 10.2 Å². The summed E-state index contributed by atoms with van der Waals surface area (Å²) in [7, 11) is 0. The van der Waals surface area contributed by atoms with Crippen LogP contribution in [0.4, 0.5) is 26.1 Å². The summed E-state index contributed by atoms with van der Waals surface area (Å²) in [6.07, 6.45) is 5.67. The van der Waals surface area contributed by atoms with E-state index < -0.39 is 34.7 Å². The molecule has 1 saturated carbocycles. The van der Waals surface area contributed by atoms with Gasteiger partial charge in [-0.25, -0.2) is 18.7 Å². The number of carbonyl (C=O) groups excluding carboxylic acids is 2. The summed E-state index contributed by atoms with van der Waals surface area (Å²) in [5, 5.41) is 9.28. The molecule has 1 spiro atoms. The Bertz CT molecular complexity index is 1390. The lowest BCUT2D eigenvalue weighted by Gasteiger charge is -2.18. The van der Waals surface area contributed by atoms with E-state index in [0.29, 0.717) is 24.2 Å². The lowest BCUT2D eigenvalue weighted by atomic mass is 10.2. The Morgan fingerprint density at radius 3 is 2.55 bits per heavy atom. The van der Waals surface area contributed by atoms with Gasteiger partial charge in [0.1, 0.15) is 22.6 Å². The zero-order valence-corrected chi connectivity index (χ0v) is 16.9. The monoisotopic (exact) mass is 447 g/mol. The van der Waals surface area contributed by atoms with Crippen molar-refractivity contribution in [1.29, 1.82) is 0 Å². The topological polar surface area (TPSA) is 109 Å². The van der Waals surface area contributed by atoms with E-state index in [0.717, 1.165) is 17.0 Å². The average molecular weight is 447 g/mol. The minimum Gasteiger partial charge on any atom is -0.320 e. The number of benzene rings is 1. The van der Waals surface area contributed by atoms with Crippen LogP contribution in [0.15, 0.2) is 55.0 Å². The van der Waals surface area contributed by atoms with Crippen LogP contribution in [0.2, 0.25) is 0 Å². The quantitative estimate of drug-likeness (QED) is 0.499. The number of halogens is 2. The second kappa shape index (κ2) is 6.79. The number of imidazole rings is 1. The summed E-state index contributed by atoms with van der Waals surface area (Å²) >= 11 is 0. The molecule has 4 heterocycles. The van der Waals surface area contributed by atoms with Crippen molar-refractivity contribution < 1.29 is 18.4 Å². The molecule has 1 aliphatic heterocycles. The molecule has 0 unspecified atom stereocenters. The normalized spacial score (nSPS) is 15.7. The molecule has 33 heavy (non-hydrogen) atoms. The van der Waals surface area contributed by atoms with Gasteiger partial charge in [0.15, 0.2) is 11.6 Å². The number of hydrogen-bond donors (Lipinski definition) is 2. The first-order valence-corrected chi connectivity index (χ1v) is 10.1. The van der Waals surface area contributed by atoms with E-state index in [1.165, 1.54) is 18.5 Å². The highest BCUT2D eigenvalue weighted by molar-refractivity contribution is 6.10. The molecule has 164 valence electrons. The predicted molar refractivity (Wildman–Crippen MR) is 113 cm³/mol. The third-order valence-corrected chi connectivity index (χ3v) is 5.86. The van der Waals surface area contributed by atoms with Crippen LogP contribution in [0, 0.1) is 11.6 Å². The van der Waals surface area contributed by atoms with Gasteiger partial charge in [-0.2, -0.15) is 5.10 Å². The van der Waals surface area contributed by atoms with Gasteiger partial charge in [0.2, 0.25) is 5.95 Å². The summed E-state index contributed by atoms with van der Waals surface area (Å²) in [4.78, 5) is 34.8. The number of nitrogens with one attached hydrogen (secondary N) is 2. The number of aromatic nitrogens is 5. The standard InChI is InChI=1S/C22H15F2N7O2/c23-13-9-12(28-19(32)16-3-1-2-7-25-16)10-14(24)18(13)30-20(33)22(5-6-22)31-17(11-26-21(30)31)15-4-8-27-29-15/h1-4,7-11H,5-6H2,(H,27,29)(H,28,32). The number of pyridine rings is 1. The number of amides is 2. The minimum atomic E-state index is -1.01. The second-order valence-electron chi connectivity index (χ2n) is 7.87. The van der Waals surface area contributed by atoms with Gasteiger partial charge >= 0.3 is 0 Å². The third kappa shape index (κ3) is 2.78. The van der Waals surface area contributed by atoms with Gasteiger partial charge in [-0.1, -0.05) is 6.07 Å². The Morgan fingerprint density at radius 1 is 1.12 bits per heavy atom. The fraction of sp³-hybridized carbons (Fsp3) is 0.136. The first-order valence-electron chi connectivity index (χ1n) is 10.1. The second-order valence-corrected chi connectivity index (χ2v) is 7.87. The Labute approximate surface area is 185 Å². The number of fused-ring (bicyclic) bond motifs is 2. The number of rotatable bonds is 4. The van der Waals surface area contributed by atoms with Crippen molar-refractivity contribution >= 4 is 29.1 Å². The van der Waals surface area contributed by atoms with Crippen molar-refractivity contribution in [3.8, 4) is 11.4 Å². The Balaban J connectivity index is 1.39. The van der Waals surface area contributed by atoms with Crippen molar-refractivity contribution in [3.63, 3.8) is 0 Å². The number of nitrogens with zero attached hydrogens (tertiary/aromatic N) is 5. The molecule has 0 radical (unpaired) electrons. The maximum Gasteiger partial charge on any atom is 0.274 e. The predicted octanol–water partition coefficient (Wildman–Crippen LogP) is 3.37. The number of anilines is 3. The zero-order valence-electron chi connectivity index (χ0n) is 16.9. The van der Waals surface area contributed by atoms with E-state index in [-0.39, 0.29) is 17.3 Å². The van der Waals surface area contributed by atoms with Gasteiger partial charge < -0.3 is 5.32 Å². The highest BCUT2D eigenvalue weighted by Crippen LogP contribution is 2.56. The molecule has 1 aromatic carbocycles. The van der Waals surface area contributed by atoms with Crippen LogP contribution in [0.25, 0.3) is 11.4 Å². The van der Waals surface area contributed by atoms with Gasteiger partial charge in [0.25, 0.3) is 11.8 Å². The van der Waals surface area contributed by atoms with Crippen LogP contribution in [0.5, 0.6) is 0 Å². The van der Waals surface area contributed by atoms with E-state index in [4.69, 9.17) is 0 Å². The summed E-state index contributed by atoms with van der Waals surface area (Å²) in [5.41, 5.74) is -0.313. The Morgan fingerprint density at radius 2 is 1.91 bits per heavy atom. The SMILES string of the molecule is O=C(Nc1cc(F)c(N2C(=O)C3(CC3)n3c(-c4cc[nH]n4)cnc32)c(F)c1)c1ccccn1. The largest absolute Gasteiger partial charge is 0.320 e. The first-order chi connectivity index (χ1) is 16.0. The van der Waals surface area contributed by atoms with Gasteiger partial charge in [-0.3, -0.25) is 24.2 Å². The molecule has 2 N–H and O–H groups in total. The van der Waals surface area contributed by atoms with Crippen LogP contribution in [0.3, 0.4) is 0 Å². The summed E-state index contributed by atoms with van der Waals surface area (Å²) in [5.74, 6) is -2.96. The maximum absolute atomic E-state index is 15.2. The lowest BCUT2D eigenvalue weighted by molar-refractivity contribution is -0.120. The molecule has 0 bridgehead atoms. The van der Waals surface area contributed by atoms with Crippen molar-refractivity contribution in [3.05, 3.63) is 72.3 Å². The Hall–Kier alpha value is -4.41. The molecule has 3 aromatic heterocycles. The molecule has 0 saturated heterocycles. The molecule has 0 atom stereocenters. The molecule has 2 aliphatic rings. The lowest BCUT2D eigenvalue weighted by Crippen LogP contribution is -2.31. The smallest absolute Gasteiger partial charge is 0.274 e. The van der Waals surface area contributed by atoms with E-state index in [2.05, 4.69) is 25.5 Å². The minimum absolute atomic E-state index is 0.0979. The average Bonchev–Trinajstić information content (AvgIpc) is 3.14. The van der Waals surface area contributed by atoms with Crippen LogP contribution < -0.4 is 10.2 Å². The van der Waals surface area contributed by atoms with Crippen molar-refractivity contribution in [1.82, 2.24) is 24.7 Å².